The van der Waals surface area contributed by atoms with Gasteiger partial charge in [-0.15, -0.1) is 0 Å². The van der Waals surface area contributed by atoms with E-state index in [9.17, 15) is 9.50 Å². The largest absolute Gasteiger partial charge is 0.390 e. The predicted molar refractivity (Wildman–Crippen MR) is 104 cm³/mol. The van der Waals surface area contributed by atoms with Crippen LogP contribution in [-0.4, -0.2) is 39.2 Å². The Bertz CT molecular complexity index is 837. The fraction of sp³-hybridized carbons (Fsp3) is 0.526. The molecule has 1 fully saturated rings. The zero-order valence-electron chi connectivity index (χ0n) is 15.8. The van der Waals surface area contributed by atoms with Crippen molar-refractivity contribution in [2.75, 3.05) is 18.0 Å². The van der Waals surface area contributed by atoms with Crippen molar-refractivity contribution in [3.8, 4) is 11.3 Å². The number of nitrogens with zero attached hydrogens (tertiary/aromatic N) is 4. The molecule has 3 heterocycles. The number of aliphatic hydroxyl groups is 1. The molecule has 2 aromatic rings. The summed E-state index contributed by atoms with van der Waals surface area (Å²) in [5.41, 5.74) is 7.82. The van der Waals surface area contributed by atoms with Gasteiger partial charge in [0.1, 0.15) is 5.69 Å². The Balaban J connectivity index is 1.95. The fourth-order valence-electron chi connectivity index (χ4n) is 3.44. The number of anilines is 1. The van der Waals surface area contributed by atoms with E-state index in [1.807, 2.05) is 6.92 Å². The van der Waals surface area contributed by atoms with E-state index in [4.69, 9.17) is 17.3 Å². The maximum atomic E-state index is 14.4. The molecule has 0 amide bonds. The highest BCUT2D eigenvalue weighted by Crippen LogP contribution is 2.36. The summed E-state index contributed by atoms with van der Waals surface area (Å²) in [5.74, 6) is 0.00455. The molecule has 27 heavy (non-hydrogen) atoms. The van der Waals surface area contributed by atoms with Gasteiger partial charge < -0.3 is 15.7 Å². The molecule has 1 aliphatic heterocycles. The molecular weight excluding hydrogens is 369 g/mol. The smallest absolute Gasteiger partial charge is 0.169 e. The third-order valence-corrected chi connectivity index (χ3v) is 5.94. The number of rotatable bonds is 4. The number of hydrogen-bond acceptors (Lipinski definition) is 6. The minimum atomic E-state index is -0.640. The van der Waals surface area contributed by atoms with Gasteiger partial charge in [-0.05, 0) is 38.2 Å². The maximum absolute atomic E-state index is 14.4. The first-order valence-electron chi connectivity index (χ1n) is 9.06. The average molecular weight is 394 g/mol. The summed E-state index contributed by atoms with van der Waals surface area (Å²) in [6.07, 6.45) is 3.30. The van der Waals surface area contributed by atoms with Crippen molar-refractivity contribution in [3.05, 3.63) is 34.6 Å². The Hall–Kier alpha value is -1.83. The van der Waals surface area contributed by atoms with Gasteiger partial charge in [-0.1, -0.05) is 18.5 Å². The summed E-state index contributed by atoms with van der Waals surface area (Å²) < 4.78 is 14.4. The quantitative estimate of drug-likeness (QED) is 0.776. The van der Waals surface area contributed by atoms with E-state index < -0.39 is 5.82 Å². The number of halogens is 2. The van der Waals surface area contributed by atoms with E-state index in [-0.39, 0.29) is 28.8 Å². The van der Waals surface area contributed by atoms with Gasteiger partial charge in [-0.25, -0.2) is 19.3 Å². The molecule has 1 atom stereocenters. The Morgan fingerprint density at radius 1 is 1.37 bits per heavy atom. The molecule has 1 unspecified atom stereocenters. The molecular formula is C19H25ClFN5O. The van der Waals surface area contributed by atoms with Crippen molar-refractivity contribution in [2.24, 2.45) is 11.1 Å². The van der Waals surface area contributed by atoms with Crippen molar-refractivity contribution in [1.82, 2.24) is 15.0 Å². The normalized spacial score (nSPS) is 17.8. The molecule has 6 nitrogen and oxygen atoms in total. The summed E-state index contributed by atoms with van der Waals surface area (Å²) in [5, 5.41) is 9.63. The average Bonchev–Trinajstić information content (AvgIpc) is 2.64. The first-order valence-corrected chi connectivity index (χ1v) is 9.44. The number of nitrogens with two attached hydrogens (primary N) is 1. The van der Waals surface area contributed by atoms with Gasteiger partial charge in [0.25, 0.3) is 0 Å². The van der Waals surface area contributed by atoms with Crippen LogP contribution in [0.4, 0.5) is 10.2 Å². The lowest BCUT2D eigenvalue weighted by molar-refractivity contribution is 0.204. The van der Waals surface area contributed by atoms with Crippen LogP contribution in [0.3, 0.4) is 0 Å². The summed E-state index contributed by atoms with van der Waals surface area (Å²) >= 11 is 5.79. The number of hydrogen-bond donors (Lipinski definition) is 2. The zero-order valence-corrected chi connectivity index (χ0v) is 16.6. The molecule has 3 N–H and O–H groups in total. The van der Waals surface area contributed by atoms with Crippen molar-refractivity contribution < 1.29 is 9.50 Å². The van der Waals surface area contributed by atoms with Gasteiger partial charge in [0.15, 0.2) is 16.8 Å². The topological polar surface area (TPSA) is 88.2 Å². The molecule has 0 radical (unpaired) electrons. The molecule has 0 bridgehead atoms. The van der Waals surface area contributed by atoms with Gasteiger partial charge in [-0.3, -0.25) is 0 Å². The number of piperidine rings is 1. The number of pyridine rings is 1. The lowest BCUT2D eigenvalue weighted by Crippen LogP contribution is -2.47. The molecule has 146 valence electrons. The molecule has 0 spiro atoms. The fourth-order valence-corrected chi connectivity index (χ4v) is 3.60. The van der Waals surface area contributed by atoms with Crippen LogP contribution in [0.1, 0.15) is 38.1 Å². The molecule has 2 aromatic heterocycles. The number of aromatic nitrogens is 3. The van der Waals surface area contributed by atoms with Crippen molar-refractivity contribution in [2.45, 2.75) is 46.3 Å². The Labute approximate surface area is 163 Å². The maximum Gasteiger partial charge on any atom is 0.169 e. The first kappa shape index (κ1) is 19.9. The van der Waals surface area contributed by atoms with E-state index in [1.165, 1.54) is 12.3 Å². The Kier molecular flexibility index (Phi) is 5.65. The van der Waals surface area contributed by atoms with E-state index >= 15 is 0 Å². The summed E-state index contributed by atoms with van der Waals surface area (Å²) in [6.45, 7) is 7.32. The molecule has 8 heteroatoms. The lowest BCUT2D eigenvalue weighted by Gasteiger charge is -2.42. The molecule has 0 aliphatic carbocycles. The van der Waals surface area contributed by atoms with Crippen LogP contribution in [0.25, 0.3) is 11.3 Å². The standard InChI is InChI=1S/C19H25ClFN5O/c1-11-16(13-4-7-23-17(20)15(13)21)25-14(10-27)18(24-11)26-8-5-19(3,6-9-26)12(2)22/h4,7,12,27H,5-6,8-10,22H2,1-3H3. The van der Waals surface area contributed by atoms with E-state index in [0.29, 0.717) is 22.9 Å². The van der Waals surface area contributed by atoms with Crippen LogP contribution < -0.4 is 10.6 Å². The Morgan fingerprint density at radius 3 is 2.63 bits per heavy atom. The van der Waals surface area contributed by atoms with Crippen LogP contribution in [0.2, 0.25) is 5.15 Å². The van der Waals surface area contributed by atoms with Gasteiger partial charge in [-0.2, -0.15) is 0 Å². The third kappa shape index (κ3) is 3.77. The van der Waals surface area contributed by atoms with Gasteiger partial charge in [0, 0.05) is 30.9 Å². The Morgan fingerprint density at radius 2 is 2.04 bits per heavy atom. The molecule has 0 saturated carbocycles. The summed E-state index contributed by atoms with van der Waals surface area (Å²) in [6, 6.07) is 1.63. The first-order chi connectivity index (χ1) is 12.8. The number of aliphatic hydroxyl groups excluding tert-OH is 1. The highest BCUT2D eigenvalue weighted by molar-refractivity contribution is 6.29. The second-order valence-electron chi connectivity index (χ2n) is 7.48. The highest BCUT2D eigenvalue weighted by Gasteiger charge is 2.34. The zero-order chi connectivity index (χ0) is 19.8. The second kappa shape index (κ2) is 7.66. The molecule has 1 aliphatic rings. The third-order valence-electron chi connectivity index (χ3n) is 5.68. The van der Waals surface area contributed by atoms with Crippen LogP contribution in [0.15, 0.2) is 12.3 Å². The minimum absolute atomic E-state index is 0.0925. The van der Waals surface area contributed by atoms with Gasteiger partial charge >= 0.3 is 0 Å². The van der Waals surface area contributed by atoms with E-state index in [0.717, 1.165) is 25.9 Å². The van der Waals surface area contributed by atoms with Gasteiger partial charge in [0.05, 0.1) is 18.0 Å². The van der Waals surface area contributed by atoms with Crippen LogP contribution in [0, 0.1) is 18.2 Å². The minimum Gasteiger partial charge on any atom is -0.390 e. The van der Waals surface area contributed by atoms with Gasteiger partial charge in [0.2, 0.25) is 0 Å². The van der Waals surface area contributed by atoms with Crippen LogP contribution in [-0.2, 0) is 6.61 Å². The molecule has 3 rings (SSSR count). The second-order valence-corrected chi connectivity index (χ2v) is 7.84. The lowest BCUT2D eigenvalue weighted by atomic mass is 9.75. The summed E-state index contributed by atoms with van der Waals surface area (Å²) in [4.78, 5) is 15.0. The van der Waals surface area contributed by atoms with E-state index in [1.54, 1.807) is 6.92 Å². The monoisotopic (exact) mass is 393 g/mol. The predicted octanol–water partition coefficient (Wildman–Crippen LogP) is 3.09. The van der Waals surface area contributed by atoms with Crippen molar-refractivity contribution >= 4 is 17.4 Å². The summed E-state index contributed by atoms with van der Waals surface area (Å²) in [7, 11) is 0. The van der Waals surface area contributed by atoms with Crippen LogP contribution >= 0.6 is 11.6 Å². The van der Waals surface area contributed by atoms with Crippen molar-refractivity contribution in [1.29, 1.82) is 0 Å². The number of aryl methyl sites for hydroxylation is 1. The highest BCUT2D eigenvalue weighted by atomic mass is 35.5. The van der Waals surface area contributed by atoms with E-state index in [2.05, 4.69) is 26.8 Å². The van der Waals surface area contributed by atoms with Crippen molar-refractivity contribution in [3.63, 3.8) is 0 Å². The molecule has 1 saturated heterocycles. The SMILES string of the molecule is Cc1nc(N2CCC(C)(C(C)N)CC2)c(CO)nc1-c1ccnc(Cl)c1F. The van der Waals surface area contributed by atoms with Crippen LogP contribution in [0.5, 0.6) is 0 Å². The molecule has 0 aromatic carbocycles.